The van der Waals surface area contributed by atoms with Crippen LogP contribution < -0.4 is 15.8 Å². The summed E-state index contributed by atoms with van der Waals surface area (Å²) in [5.74, 6) is 0. The van der Waals surface area contributed by atoms with Gasteiger partial charge in [0, 0.05) is 13.1 Å². The van der Waals surface area contributed by atoms with Gasteiger partial charge in [-0.2, -0.15) is 0 Å². The minimum atomic E-state index is -3.70. The highest BCUT2D eigenvalue weighted by molar-refractivity contribution is 7.89. The zero-order valence-corrected chi connectivity index (χ0v) is 10.1. The quantitative estimate of drug-likeness (QED) is 0.712. The van der Waals surface area contributed by atoms with Gasteiger partial charge in [0.15, 0.2) is 0 Å². The van der Waals surface area contributed by atoms with Crippen molar-refractivity contribution in [3.8, 4) is 0 Å². The van der Waals surface area contributed by atoms with Gasteiger partial charge < -0.3 is 15.4 Å². The van der Waals surface area contributed by atoms with E-state index in [4.69, 9.17) is 15.6 Å². The van der Waals surface area contributed by atoms with Crippen molar-refractivity contribution in [2.45, 2.75) is 4.90 Å². The lowest BCUT2D eigenvalue weighted by atomic mass is 10.2. The first-order valence-electron chi connectivity index (χ1n) is 5.23. The second kappa shape index (κ2) is 4.52. The third kappa shape index (κ3) is 2.68. The zero-order valence-electron chi connectivity index (χ0n) is 9.30. The van der Waals surface area contributed by atoms with Gasteiger partial charge in [-0.05, 0) is 18.2 Å². The third-order valence-corrected chi connectivity index (χ3v) is 3.59. The Morgan fingerprint density at radius 1 is 1.24 bits per heavy atom. The van der Waals surface area contributed by atoms with Crippen LogP contribution >= 0.6 is 0 Å². The van der Waals surface area contributed by atoms with Crippen LogP contribution in [0, 0.1) is 0 Å². The summed E-state index contributed by atoms with van der Waals surface area (Å²) in [7, 11) is -3.70. The van der Waals surface area contributed by atoms with Gasteiger partial charge in [-0.3, -0.25) is 0 Å². The van der Waals surface area contributed by atoms with Crippen molar-refractivity contribution in [3.63, 3.8) is 0 Å². The van der Waals surface area contributed by atoms with Crippen LogP contribution in [0.4, 0.5) is 11.4 Å². The molecular weight excluding hydrogens is 242 g/mol. The average molecular weight is 257 g/mol. The van der Waals surface area contributed by atoms with Gasteiger partial charge in [-0.15, -0.1) is 0 Å². The predicted molar refractivity (Wildman–Crippen MR) is 65.3 cm³/mol. The Labute approximate surface area is 100 Å². The molecule has 1 aliphatic rings. The van der Waals surface area contributed by atoms with Crippen molar-refractivity contribution in [1.29, 1.82) is 0 Å². The number of morpholine rings is 1. The van der Waals surface area contributed by atoms with Gasteiger partial charge in [0.25, 0.3) is 0 Å². The van der Waals surface area contributed by atoms with E-state index in [0.29, 0.717) is 18.9 Å². The van der Waals surface area contributed by atoms with Gasteiger partial charge in [0.1, 0.15) is 0 Å². The molecule has 0 aliphatic carbocycles. The largest absolute Gasteiger partial charge is 0.397 e. The highest BCUT2D eigenvalue weighted by atomic mass is 32.2. The van der Waals surface area contributed by atoms with E-state index in [-0.39, 0.29) is 4.90 Å². The molecule has 94 valence electrons. The van der Waals surface area contributed by atoms with E-state index in [1.807, 2.05) is 0 Å². The van der Waals surface area contributed by atoms with E-state index in [2.05, 4.69) is 4.90 Å². The summed E-state index contributed by atoms with van der Waals surface area (Å²) < 4.78 is 27.6. The molecule has 17 heavy (non-hydrogen) atoms. The van der Waals surface area contributed by atoms with E-state index in [9.17, 15) is 8.42 Å². The zero-order chi connectivity index (χ0) is 12.5. The van der Waals surface area contributed by atoms with Crippen molar-refractivity contribution in [3.05, 3.63) is 18.2 Å². The number of nitrogens with two attached hydrogens (primary N) is 2. The maximum absolute atomic E-state index is 11.2. The van der Waals surface area contributed by atoms with Gasteiger partial charge in [-0.1, -0.05) is 0 Å². The molecule has 0 saturated carbocycles. The van der Waals surface area contributed by atoms with Gasteiger partial charge in [0.2, 0.25) is 10.0 Å². The molecule has 0 aromatic heterocycles. The Morgan fingerprint density at radius 3 is 2.41 bits per heavy atom. The standard InChI is InChI=1S/C10H15N3O3S/c11-9-7-8(17(12,14)15)1-2-10(9)13-3-5-16-6-4-13/h1-2,7H,3-6,11H2,(H2,12,14,15). The molecule has 0 amide bonds. The van der Waals surface area contributed by atoms with Crippen molar-refractivity contribution in [2.75, 3.05) is 36.9 Å². The molecule has 2 rings (SSSR count). The lowest BCUT2D eigenvalue weighted by Crippen LogP contribution is -2.36. The first kappa shape index (κ1) is 12.2. The lowest BCUT2D eigenvalue weighted by molar-refractivity contribution is 0.123. The number of primary sulfonamides is 1. The molecular formula is C10H15N3O3S. The monoisotopic (exact) mass is 257 g/mol. The second-order valence-corrected chi connectivity index (χ2v) is 5.43. The molecule has 1 heterocycles. The first-order valence-corrected chi connectivity index (χ1v) is 6.78. The smallest absolute Gasteiger partial charge is 0.238 e. The normalized spacial score (nSPS) is 17.1. The van der Waals surface area contributed by atoms with Crippen LogP contribution in [0.3, 0.4) is 0 Å². The SMILES string of the molecule is Nc1cc(S(N)(=O)=O)ccc1N1CCOCC1. The highest BCUT2D eigenvalue weighted by Crippen LogP contribution is 2.26. The van der Waals surface area contributed by atoms with Crippen LogP contribution in [0.5, 0.6) is 0 Å². The summed E-state index contributed by atoms with van der Waals surface area (Å²) in [6.07, 6.45) is 0. The van der Waals surface area contributed by atoms with E-state index in [0.717, 1.165) is 18.8 Å². The summed E-state index contributed by atoms with van der Waals surface area (Å²) in [5, 5.41) is 5.04. The maximum Gasteiger partial charge on any atom is 0.238 e. The molecule has 0 spiro atoms. The second-order valence-electron chi connectivity index (χ2n) is 3.87. The van der Waals surface area contributed by atoms with Crippen molar-refractivity contribution in [2.24, 2.45) is 5.14 Å². The number of ether oxygens (including phenoxy) is 1. The van der Waals surface area contributed by atoms with Gasteiger partial charge in [-0.25, -0.2) is 13.6 Å². The minimum absolute atomic E-state index is 0.0343. The summed E-state index contributed by atoms with van der Waals surface area (Å²) in [6, 6.07) is 4.54. The van der Waals surface area contributed by atoms with E-state index < -0.39 is 10.0 Å². The van der Waals surface area contributed by atoms with Crippen LogP contribution in [-0.4, -0.2) is 34.7 Å². The Morgan fingerprint density at radius 2 is 1.88 bits per heavy atom. The van der Waals surface area contributed by atoms with E-state index >= 15 is 0 Å². The van der Waals surface area contributed by atoms with Crippen molar-refractivity contribution >= 4 is 21.4 Å². The topological polar surface area (TPSA) is 98.7 Å². The van der Waals surface area contributed by atoms with Crippen LogP contribution in [0.15, 0.2) is 23.1 Å². The molecule has 1 saturated heterocycles. The average Bonchev–Trinajstić information content (AvgIpc) is 2.29. The summed E-state index contributed by atoms with van der Waals surface area (Å²) in [5.41, 5.74) is 7.08. The summed E-state index contributed by atoms with van der Waals surface area (Å²) in [4.78, 5) is 2.10. The molecule has 1 aliphatic heterocycles. The molecule has 1 aromatic carbocycles. The minimum Gasteiger partial charge on any atom is -0.397 e. The number of rotatable bonds is 2. The van der Waals surface area contributed by atoms with Crippen LogP contribution in [-0.2, 0) is 14.8 Å². The number of hydrogen-bond donors (Lipinski definition) is 2. The molecule has 1 fully saturated rings. The van der Waals surface area contributed by atoms with Gasteiger partial charge in [0.05, 0.1) is 29.5 Å². The Bertz CT molecular complexity index is 510. The van der Waals surface area contributed by atoms with Crippen molar-refractivity contribution in [1.82, 2.24) is 0 Å². The lowest BCUT2D eigenvalue weighted by Gasteiger charge is -2.29. The Kier molecular flexibility index (Phi) is 3.23. The Balaban J connectivity index is 2.31. The molecule has 0 unspecified atom stereocenters. The van der Waals surface area contributed by atoms with Crippen LogP contribution in [0.2, 0.25) is 0 Å². The molecule has 0 atom stereocenters. The number of benzene rings is 1. The number of hydrogen-bond acceptors (Lipinski definition) is 5. The fourth-order valence-electron chi connectivity index (χ4n) is 1.80. The van der Waals surface area contributed by atoms with E-state index in [1.165, 1.54) is 12.1 Å². The first-order chi connectivity index (χ1) is 7.98. The number of sulfonamides is 1. The van der Waals surface area contributed by atoms with Gasteiger partial charge >= 0.3 is 0 Å². The predicted octanol–water partition coefficient (Wildman–Crippen LogP) is -0.247. The highest BCUT2D eigenvalue weighted by Gasteiger charge is 2.16. The number of anilines is 2. The third-order valence-electron chi connectivity index (χ3n) is 2.68. The summed E-state index contributed by atoms with van der Waals surface area (Å²) in [6.45, 7) is 2.80. The fourth-order valence-corrected chi connectivity index (χ4v) is 2.35. The molecule has 0 bridgehead atoms. The van der Waals surface area contributed by atoms with Crippen LogP contribution in [0.25, 0.3) is 0 Å². The molecule has 4 N–H and O–H groups in total. The Hall–Kier alpha value is -1.31. The maximum atomic E-state index is 11.2. The number of nitrogens with zero attached hydrogens (tertiary/aromatic N) is 1. The molecule has 7 heteroatoms. The molecule has 1 aromatic rings. The van der Waals surface area contributed by atoms with Crippen LogP contribution in [0.1, 0.15) is 0 Å². The molecule has 6 nitrogen and oxygen atoms in total. The van der Waals surface area contributed by atoms with Crippen molar-refractivity contribution < 1.29 is 13.2 Å². The van der Waals surface area contributed by atoms with E-state index in [1.54, 1.807) is 6.07 Å². The number of nitrogen functional groups attached to an aromatic ring is 1. The fraction of sp³-hybridized carbons (Fsp3) is 0.400. The summed E-state index contributed by atoms with van der Waals surface area (Å²) >= 11 is 0. The molecule has 0 radical (unpaired) electrons.